The van der Waals surface area contributed by atoms with Crippen molar-refractivity contribution in [3.05, 3.63) is 51.0 Å². The fourth-order valence-corrected chi connectivity index (χ4v) is 4.03. The van der Waals surface area contributed by atoms with Crippen LogP contribution in [0, 0.1) is 12.7 Å². The molecule has 0 saturated heterocycles. The van der Waals surface area contributed by atoms with Crippen molar-refractivity contribution in [1.82, 2.24) is 20.6 Å². The maximum atomic E-state index is 13.6. The normalized spacial score (nSPS) is 17.5. The van der Waals surface area contributed by atoms with E-state index >= 15 is 0 Å². The van der Waals surface area contributed by atoms with Gasteiger partial charge in [-0.25, -0.2) is 19.2 Å². The van der Waals surface area contributed by atoms with Crippen molar-refractivity contribution in [1.29, 1.82) is 0 Å². The Morgan fingerprint density at radius 2 is 2.18 bits per heavy atom. The summed E-state index contributed by atoms with van der Waals surface area (Å²) in [5.74, 6) is 0.131. The lowest BCUT2D eigenvalue weighted by Crippen LogP contribution is -2.39. The summed E-state index contributed by atoms with van der Waals surface area (Å²) in [7, 11) is 0. The van der Waals surface area contributed by atoms with Crippen LogP contribution in [0.25, 0.3) is 0 Å². The summed E-state index contributed by atoms with van der Waals surface area (Å²) in [5.41, 5.74) is 7.93. The average Bonchev–Trinajstić information content (AvgIpc) is 2.70. The Kier molecular flexibility index (Phi) is 7.93. The van der Waals surface area contributed by atoms with Gasteiger partial charge in [-0.2, -0.15) is 0 Å². The van der Waals surface area contributed by atoms with E-state index in [1.807, 2.05) is 0 Å². The number of amides is 1. The molecule has 1 aliphatic rings. The van der Waals surface area contributed by atoms with Crippen molar-refractivity contribution < 1.29 is 23.9 Å². The SMILES string of the molecule is Cc1nc(N)nc2c1/C(=N/OC[C@@H](O)CNC(=O)OC(C)(C)C)N[C@@H](c1ccc(F)cc1Br)C2. The first-order chi connectivity index (χ1) is 15.9. The molecule has 0 bridgehead atoms. The van der Waals surface area contributed by atoms with Gasteiger partial charge in [-0.3, -0.25) is 0 Å². The summed E-state index contributed by atoms with van der Waals surface area (Å²) >= 11 is 3.40. The quantitative estimate of drug-likeness (QED) is 0.411. The Hall–Kier alpha value is -2.99. The van der Waals surface area contributed by atoms with Gasteiger partial charge in [0, 0.05) is 10.9 Å². The number of fused-ring (bicyclic) bond motifs is 1. The Bertz CT molecular complexity index is 1090. The number of amidine groups is 1. The highest BCUT2D eigenvalue weighted by Crippen LogP contribution is 2.31. The van der Waals surface area contributed by atoms with Crippen LogP contribution >= 0.6 is 15.9 Å². The van der Waals surface area contributed by atoms with Gasteiger partial charge < -0.3 is 31.0 Å². The molecule has 10 nitrogen and oxygen atoms in total. The fraction of sp³-hybridized carbons (Fsp3) is 0.455. The van der Waals surface area contributed by atoms with Crippen LogP contribution in [0.3, 0.4) is 0 Å². The molecule has 34 heavy (non-hydrogen) atoms. The second kappa shape index (κ2) is 10.5. The molecule has 184 valence electrons. The number of alkyl carbamates (subject to hydrolysis) is 1. The smallest absolute Gasteiger partial charge is 0.407 e. The molecular weight excluding hydrogens is 511 g/mol. The summed E-state index contributed by atoms with van der Waals surface area (Å²) in [5, 5.41) is 20.0. The molecule has 1 aromatic carbocycles. The summed E-state index contributed by atoms with van der Waals surface area (Å²) in [6.07, 6.45) is -1.20. The maximum Gasteiger partial charge on any atom is 0.407 e. The molecule has 2 atom stereocenters. The number of hydrogen-bond donors (Lipinski definition) is 4. The van der Waals surface area contributed by atoms with E-state index in [4.69, 9.17) is 15.3 Å². The lowest BCUT2D eigenvalue weighted by atomic mass is 9.94. The zero-order valence-corrected chi connectivity index (χ0v) is 20.9. The average molecular weight is 539 g/mol. The summed E-state index contributed by atoms with van der Waals surface area (Å²) in [6, 6.07) is 4.13. The third kappa shape index (κ3) is 6.76. The number of aliphatic hydroxyl groups excluding tert-OH is 1. The number of oxime groups is 1. The minimum Gasteiger partial charge on any atom is -0.444 e. The highest BCUT2D eigenvalue weighted by molar-refractivity contribution is 9.10. The fourth-order valence-electron chi connectivity index (χ4n) is 3.40. The van der Waals surface area contributed by atoms with E-state index in [1.54, 1.807) is 33.8 Å². The Morgan fingerprint density at radius 3 is 2.85 bits per heavy atom. The van der Waals surface area contributed by atoms with Crippen molar-refractivity contribution in [2.24, 2.45) is 5.16 Å². The molecule has 0 unspecified atom stereocenters. The van der Waals surface area contributed by atoms with E-state index in [0.717, 1.165) is 5.56 Å². The number of carbonyl (C=O) groups excluding carboxylic acids is 1. The Morgan fingerprint density at radius 1 is 1.44 bits per heavy atom. The first-order valence-corrected chi connectivity index (χ1v) is 11.4. The van der Waals surface area contributed by atoms with Crippen LogP contribution in [0.5, 0.6) is 0 Å². The minimum absolute atomic E-state index is 0.0758. The van der Waals surface area contributed by atoms with Gasteiger partial charge in [0.2, 0.25) is 5.95 Å². The second-order valence-electron chi connectivity index (χ2n) is 8.83. The van der Waals surface area contributed by atoms with Crippen molar-refractivity contribution >= 4 is 33.8 Å². The molecule has 0 fully saturated rings. The third-order valence-electron chi connectivity index (χ3n) is 4.77. The molecule has 5 N–H and O–H groups in total. The number of nitrogens with zero attached hydrogens (tertiary/aromatic N) is 3. The van der Waals surface area contributed by atoms with E-state index < -0.39 is 17.8 Å². The molecular formula is C22H28BrFN6O4. The number of aryl methyl sites for hydroxylation is 1. The van der Waals surface area contributed by atoms with Gasteiger partial charge in [-0.1, -0.05) is 27.2 Å². The summed E-state index contributed by atoms with van der Waals surface area (Å²) < 4.78 is 19.3. The molecule has 0 spiro atoms. The third-order valence-corrected chi connectivity index (χ3v) is 5.46. The zero-order chi connectivity index (χ0) is 25.0. The van der Waals surface area contributed by atoms with Crippen LogP contribution in [0.2, 0.25) is 0 Å². The number of nitrogens with two attached hydrogens (primary N) is 1. The second-order valence-corrected chi connectivity index (χ2v) is 9.68. The number of aromatic nitrogens is 2. The van der Waals surface area contributed by atoms with E-state index in [9.17, 15) is 14.3 Å². The van der Waals surface area contributed by atoms with E-state index in [1.165, 1.54) is 12.1 Å². The van der Waals surface area contributed by atoms with Crippen LogP contribution < -0.4 is 16.4 Å². The monoisotopic (exact) mass is 538 g/mol. The molecule has 1 aliphatic heterocycles. The topological polar surface area (TPSA) is 144 Å². The van der Waals surface area contributed by atoms with E-state index in [-0.39, 0.29) is 31.0 Å². The number of hydrogen-bond acceptors (Lipinski definition) is 8. The molecule has 2 aromatic rings. The van der Waals surface area contributed by atoms with Crippen LogP contribution in [-0.4, -0.2) is 51.9 Å². The summed E-state index contributed by atoms with van der Waals surface area (Å²) in [6.45, 7) is 6.75. The minimum atomic E-state index is -1.02. The number of halogens is 2. The number of anilines is 1. The van der Waals surface area contributed by atoms with E-state index in [0.29, 0.717) is 33.7 Å². The van der Waals surface area contributed by atoms with Crippen LogP contribution in [0.15, 0.2) is 27.8 Å². The molecule has 2 heterocycles. The molecule has 1 amide bonds. The standard InChI is InChI=1S/C22H28BrFN6O4/c1-11-18-17(29-20(25)27-11)8-16(14-6-5-12(24)7-15(14)23)28-19(18)30-33-10-13(31)9-26-21(32)34-22(2,3)4/h5-7,13,16,31H,8-10H2,1-4H3,(H,26,32)(H,28,30)(H2,25,27,29)/t13-,16+/m0/s1. The van der Waals surface area contributed by atoms with E-state index in [2.05, 4.69) is 41.7 Å². The van der Waals surface area contributed by atoms with Gasteiger partial charge in [0.25, 0.3) is 0 Å². The van der Waals surface area contributed by atoms with Crippen molar-refractivity contribution in [2.45, 2.75) is 51.9 Å². The van der Waals surface area contributed by atoms with Gasteiger partial charge in [0.05, 0.1) is 29.5 Å². The molecule has 12 heteroatoms. The largest absolute Gasteiger partial charge is 0.444 e. The number of carbonyl (C=O) groups is 1. The molecule has 1 aromatic heterocycles. The number of rotatable bonds is 6. The number of nitrogen functional groups attached to an aromatic ring is 1. The number of aliphatic hydroxyl groups is 1. The highest BCUT2D eigenvalue weighted by atomic mass is 79.9. The molecule has 0 saturated carbocycles. The Labute approximate surface area is 205 Å². The zero-order valence-electron chi connectivity index (χ0n) is 19.4. The highest BCUT2D eigenvalue weighted by Gasteiger charge is 2.29. The van der Waals surface area contributed by atoms with Crippen molar-refractivity contribution in [3.63, 3.8) is 0 Å². The first kappa shape index (κ1) is 25.6. The van der Waals surface area contributed by atoms with Crippen molar-refractivity contribution in [2.75, 3.05) is 18.9 Å². The van der Waals surface area contributed by atoms with Crippen LogP contribution in [-0.2, 0) is 16.0 Å². The number of nitrogens with one attached hydrogen (secondary N) is 2. The van der Waals surface area contributed by atoms with Gasteiger partial charge in [-0.15, -0.1) is 0 Å². The number of ether oxygens (including phenoxy) is 1. The molecule has 0 aliphatic carbocycles. The Balaban J connectivity index is 1.73. The maximum absolute atomic E-state index is 13.6. The predicted molar refractivity (Wildman–Crippen MR) is 128 cm³/mol. The van der Waals surface area contributed by atoms with Crippen LogP contribution in [0.4, 0.5) is 15.1 Å². The molecule has 3 rings (SSSR count). The first-order valence-electron chi connectivity index (χ1n) is 10.6. The lowest BCUT2D eigenvalue weighted by molar-refractivity contribution is 0.0291. The van der Waals surface area contributed by atoms with Gasteiger partial charge in [0.15, 0.2) is 5.84 Å². The van der Waals surface area contributed by atoms with Gasteiger partial charge >= 0.3 is 6.09 Å². The lowest BCUT2D eigenvalue weighted by Gasteiger charge is -2.29. The van der Waals surface area contributed by atoms with Crippen LogP contribution in [0.1, 0.15) is 49.3 Å². The summed E-state index contributed by atoms with van der Waals surface area (Å²) in [4.78, 5) is 25.7. The van der Waals surface area contributed by atoms with Crippen molar-refractivity contribution in [3.8, 4) is 0 Å². The van der Waals surface area contributed by atoms with Gasteiger partial charge in [-0.05, 0) is 45.4 Å². The predicted octanol–water partition coefficient (Wildman–Crippen LogP) is 2.72. The number of benzene rings is 1. The van der Waals surface area contributed by atoms with Gasteiger partial charge in [0.1, 0.15) is 24.1 Å². The molecule has 0 radical (unpaired) electrons.